The average molecular weight is 577 g/mol. The SMILES string of the molecule is CC[C@H](NC(=O)[C@@H]1CN(S(=O)(=O)c2ccc(OC)cc2)c2cc(C(C)(C)C)ccc2O1)c1ccc2c(c1)CCCC2. The Balaban J connectivity index is 1.46. The van der Waals surface area contributed by atoms with Crippen molar-refractivity contribution in [3.05, 3.63) is 82.9 Å². The van der Waals surface area contributed by atoms with Crippen molar-refractivity contribution in [1.29, 1.82) is 0 Å². The summed E-state index contributed by atoms with van der Waals surface area (Å²) in [4.78, 5) is 13.8. The highest BCUT2D eigenvalue weighted by molar-refractivity contribution is 7.92. The fourth-order valence-electron chi connectivity index (χ4n) is 5.61. The van der Waals surface area contributed by atoms with Crippen LogP contribution in [-0.4, -0.2) is 34.1 Å². The Labute approximate surface area is 243 Å². The highest BCUT2D eigenvalue weighted by Crippen LogP contribution is 2.40. The van der Waals surface area contributed by atoms with Gasteiger partial charge in [-0.25, -0.2) is 8.42 Å². The molecule has 1 N–H and O–H groups in total. The minimum Gasteiger partial charge on any atom is -0.497 e. The molecule has 0 saturated heterocycles. The number of nitrogens with zero attached hydrogens (tertiary/aromatic N) is 1. The zero-order valence-electron chi connectivity index (χ0n) is 24.6. The molecule has 1 amide bonds. The molecule has 0 bridgehead atoms. The molecule has 41 heavy (non-hydrogen) atoms. The number of hydrogen-bond donors (Lipinski definition) is 1. The summed E-state index contributed by atoms with van der Waals surface area (Å²) in [6.07, 6.45) is 4.26. The van der Waals surface area contributed by atoms with Gasteiger partial charge >= 0.3 is 0 Å². The molecule has 0 radical (unpaired) electrons. The first-order valence-electron chi connectivity index (χ1n) is 14.4. The number of sulfonamides is 1. The molecule has 0 fully saturated rings. The maximum atomic E-state index is 14.0. The van der Waals surface area contributed by atoms with E-state index < -0.39 is 16.1 Å². The third-order valence-electron chi connectivity index (χ3n) is 8.13. The van der Waals surface area contributed by atoms with Gasteiger partial charge in [-0.15, -0.1) is 0 Å². The van der Waals surface area contributed by atoms with E-state index >= 15 is 0 Å². The Bertz CT molecular complexity index is 1530. The van der Waals surface area contributed by atoms with Crippen molar-refractivity contribution in [3.63, 3.8) is 0 Å². The molecule has 218 valence electrons. The van der Waals surface area contributed by atoms with Gasteiger partial charge in [0.1, 0.15) is 11.5 Å². The van der Waals surface area contributed by atoms with E-state index in [-0.39, 0.29) is 28.8 Å². The Kier molecular flexibility index (Phi) is 8.06. The van der Waals surface area contributed by atoms with Crippen molar-refractivity contribution in [2.75, 3.05) is 18.0 Å². The maximum absolute atomic E-state index is 14.0. The van der Waals surface area contributed by atoms with E-state index in [0.717, 1.165) is 24.0 Å². The van der Waals surface area contributed by atoms with Crippen LogP contribution in [0.5, 0.6) is 11.5 Å². The first-order chi connectivity index (χ1) is 19.5. The third kappa shape index (κ3) is 5.94. The lowest BCUT2D eigenvalue weighted by Gasteiger charge is -2.36. The minimum atomic E-state index is -4.01. The predicted molar refractivity (Wildman–Crippen MR) is 161 cm³/mol. The molecule has 0 unspecified atom stereocenters. The molecule has 1 aliphatic carbocycles. The summed E-state index contributed by atoms with van der Waals surface area (Å²) >= 11 is 0. The molecule has 3 aromatic carbocycles. The van der Waals surface area contributed by atoms with Crippen molar-refractivity contribution in [2.24, 2.45) is 0 Å². The second kappa shape index (κ2) is 11.4. The molecule has 0 saturated carbocycles. The number of carbonyl (C=O) groups is 1. The van der Waals surface area contributed by atoms with E-state index in [9.17, 15) is 13.2 Å². The average Bonchev–Trinajstić information content (AvgIpc) is 2.98. The van der Waals surface area contributed by atoms with Gasteiger partial charge in [-0.3, -0.25) is 9.10 Å². The smallest absolute Gasteiger partial charge is 0.264 e. The lowest BCUT2D eigenvalue weighted by atomic mass is 9.86. The van der Waals surface area contributed by atoms with Crippen molar-refractivity contribution >= 4 is 21.6 Å². The number of ether oxygens (including phenoxy) is 2. The molecule has 1 aliphatic heterocycles. The van der Waals surface area contributed by atoms with Crippen LogP contribution < -0.4 is 19.1 Å². The Morgan fingerprint density at radius 1 is 1.02 bits per heavy atom. The van der Waals surface area contributed by atoms with Crippen LogP contribution >= 0.6 is 0 Å². The van der Waals surface area contributed by atoms with Crippen LogP contribution in [0, 0.1) is 0 Å². The van der Waals surface area contributed by atoms with E-state index in [4.69, 9.17) is 9.47 Å². The van der Waals surface area contributed by atoms with Crippen molar-refractivity contribution in [1.82, 2.24) is 5.32 Å². The summed E-state index contributed by atoms with van der Waals surface area (Å²) in [6, 6.07) is 18.1. The fraction of sp³-hybridized carbons (Fsp3) is 0.424. The number of benzene rings is 3. The topological polar surface area (TPSA) is 84.9 Å². The summed E-state index contributed by atoms with van der Waals surface area (Å²) in [6.45, 7) is 8.12. The summed E-state index contributed by atoms with van der Waals surface area (Å²) in [5.41, 5.74) is 5.01. The molecule has 0 aromatic heterocycles. The van der Waals surface area contributed by atoms with Gasteiger partial charge in [0, 0.05) is 0 Å². The van der Waals surface area contributed by atoms with Crippen LogP contribution in [0.3, 0.4) is 0 Å². The number of anilines is 1. The molecular weight excluding hydrogens is 536 g/mol. The predicted octanol–water partition coefficient (Wildman–Crippen LogP) is 6.10. The van der Waals surface area contributed by atoms with E-state index in [0.29, 0.717) is 23.6 Å². The molecule has 3 aromatic rings. The van der Waals surface area contributed by atoms with Gasteiger partial charge in [-0.2, -0.15) is 0 Å². The molecule has 5 rings (SSSR count). The van der Waals surface area contributed by atoms with Crippen molar-refractivity contribution in [2.45, 2.75) is 82.3 Å². The molecule has 2 atom stereocenters. The van der Waals surface area contributed by atoms with Gasteiger partial charge in [0.15, 0.2) is 6.10 Å². The molecule has 0 spiro atoms. The molecule has 7 nitrogen and oxygen atoms in total. The summed E-state index contributed by atoms with van der Waals surface area (Å²) in [5, 5.41) is 3.15. The van der Waals surface area contributed by atoms with Gasteiger partial charge in [0.05, 0.1) is 30.3 Å². The zero-order chi connectivity index (χ0) is 29.4. The summed E-state index contributed by atoms with van der Waals surface area (Å²) in [7, 11) is -2.47. The van der Waals surface area contributed by atoms with Gasteiger partial charge in [0.2, 0.25) is 0 Å². The normalized spacial score (nSPS) is 17.6. The second-order valence-corrected chi connectivity index (χ2v) is 13.8. The van der Waals surface area contributed by atoms with Gasteiger partial charge in [-0.05, 0) is 96.2 Å². The number of rotatable bonds is 7. The van der Waals surface area contributed by atoms with E-state index in [2.05, 4.69) is 44.3 Å². The van der Waals surface area contributed by atoms with E-state index in [1.807, 2.05) is 19.1 Å². The molecule has 8 heteroatoms. The quantitative estimate of drug-likeness (QED) is 0.368. The fourth-order valence-corrected chi connectivity index (χ4v) is 7.08. The first-order valence-corrected chi connectivity index (χ1v) is 15.9. The number of aryl methyl sites for hydroxylation is 2. The maximum Gasteiger partial charge on any atom is 0.264 e. The Morgan fingerprint density at radius 2 is 1.73 bits per heavy atom. The Hall–Kier alpha value is -3.52. The van der Waals surface area contributed by atoms with Crippen LogP contribution in [0.25, 0.3) is 0 Å². The zero-order valence-corrected chi connectivity index (χ0v) is 25.4. The van der Waals surface area contributed by atoms with Crippen molar-refractivity contribution < 1.29 is 22.7 Å². The standard InChI is InChI=1S/C33H40N2O5S/c1-6-28(24-12-11-22-9-7-8-10-23(22)19-24)34-32(36)31-21-35(41(37,38)27-16-14-26(39-5)15-17-27)29-20-25(33(2,3)4)13-18-30(29)40-31/h11-20,28,31H,6-10,21H2,1-5H3,(H,34,36)/t28-,31-/m0/s1. The molecular formula is C33H40N2O5S. The Morgan fingerprint density at radius 3 is 2.39 bits per heavy atom. The second-order valence-electron chi connectivity index (χ2n) is 12.0. The van der Waals surface area contributed by atoms with Crippen LogP contribution in [0.15, 0.2) is 65.6 Å². The number of carbonyl (C=O) groups excluding carboxylic acids is 1. The third-order valence-corrected chi connectivity index (χ3v) is 9.93. The van der Waals surface area contributed by atoms with Gasteiger partial charge in [0.25, 0.3) is 15.9 Å². The minimum absolute atomic E-state index is 0.118. The van der Waals surface area contributed by atoms with Crippen LogP contribution in [0.2, 0.25) is 0 Å². The summed E-state index contributed by atoms with van der Waals surface area (Å²) < 4.78 is 40.7. The van der Waals surface area contributed by atoms with E-state index in [1.54, 1.807) is 18.2 Å². The number of methoxy groups -OCH3 is 1. The monoisotopic (exact) mass is 576 g/mol. The lowest BCUT2D eigenvalue weighted by Crippen LogP contribution is -2.51. The largest absolute Gasteiger partial charge is 0.497 e. The number of hydrogen-bond acceptors (Lipinski definition) is 5. The highest BCUT2D eigenvalue weighted by Gasteiger charge is 2.39. The lowest BCUT2D eigenvalue weighted by molar-refractivity contribution is -0.128. The van der Waals surface area contributed by atoms with Crippen molar-refractivity contribution in [3.8, 4) is 11.5 Å². The number of amides is 1. The van der Waals surface area contributed by atoms with E-state index in [1.165, 1.54) is 47.5 Å². The van der Waals surface area contributed by atoms with Crippen LogP contribution in [0.4, 0.5) is 5.69 Å². The molecule has 2 aliphatic rings. The summed E-state index contributed by atoms with van der Waals surface area (Å²) in [5.74, 6) is 0.588. The van der Waals surface area contributed by atoms with Gasteiger partial charge in [-0.1, -0.05) is 52.0 Å². The number of nitrogens with one attached hydrogen (secondary N) is 1. The molecule has 1 heterocycles. The van der Waals surface area contributed by atoms with Crippen LogP contribution in [0.1, 0.15) is 75.3 Å². The number of fused-ring (bicyclic) bond motifs is 2. The van der Waals surface area contributed by atoms with Gasteiger partial charge < -0.3 is 14.8 Å². The first kappa shape index (κ1) is 29.0. The highest BCUT2D eigenvalue weighted by atomic mass is 32.2. The van der Waals surface area contributed by atoms with Crippen LogP contribution in [-0.2, 0) is 33.1 Å².